The first kappa shape index (κ1) is 11.6. The van der Waals surface area contributed by atoms with Crippen LogP contribution in [0.5, 0.6) is 0 Å². The average Bonchev–Trinajstić information content (AvgIpc) is 2.76. The molecule has 1 fully saturated rings. The van der Waals surface area contributed by atoms with Crippen LogP contribution in [0.1, 0.15) is 30.7 Å². The molecule has 1 aromatic heterocycles. The zero-order valence-electron chi connectivity index (χ0n) is 10.4. The second-order valence-electron chi connectivity index (χ2n) is 4.89. The van der Waals surface area contributed by atoms with Crippen molar-refractivity contribution in [3.05, 3.63) is 17.3 Å². The van der Waals surface area contributed by atoms with E-state index < -0.39 is 0 Å². The Morgan fingerprint density at radius 3 is 2.81 bits per heavy atom. The molecule has 16 heavy (non-hydrogen) atoms. The number of nitrogens with zero attached hydrogens (tertiary/aromatic N) is 2. The van der Waals surface area contributed by atoms with Crippen molar-refractivity contribution in [2.45, 2.75) is 39.8 Å². The van der Waals surface area contributed by atoms with Crippen molar-refractivity contribution in [1.29, 1.82) is 0 Å². The molecular weight excluding hydrogens is 202 g/mol. The minimum Gasteiger partial charge on any atom is -0.444 e. The number of hydrogen-bond acceptors (Lipinski definition) is 4. The molecule has 1 aliphatic rings. The third-order valence-corrected chi connectivity index (χ3v) is 3.48. The number of rotatable bonds is 3. The predicted molar refractivity (Wildman–Crippen MR) is 63.0 cm³/mol. The lowest BCUT2D eigenvalue weighted by Gasteiger charge is -2.16. The van der Waals surface area contributed by atoms with E-state index in [2.05, 4.69) is 16.8 Å². The molecule has 2 N–H and O–H groups in total. The summed E-state index contributed by atoms with van der Waals surface area (Å²) >= 11 is 0. The molecule has 1 saturated heterocycles. The molecule has 2 atom stereocenters. The van der Waals surface area contributed by atoms with E-state index >= 15 is 0 Å². The summed E-state index contributed by atoms with van der Waals surface area (Å²) < 4.78 is 5.59. The Balaban J connectivity index is 1.92. The molecule has 1 aromatic rings. The predicted octanol–water partition coefficient (Wildman–Crippen LogP) is 1.46. The zero-order valence-corrected chi connectivity index (χ0v) is 10.4. The van der Waals surface area contributed by atoms with Gasteiger partial charge in [-0.3, -0.25) is 4.90 Å². The van der Waals surface area contributed by atoms with Gasteiger partial charge < -0.3 is 10.2 Å². The van der Waals surface area contributed by atoms with E-state index in [1.165, 1.54) is 6.42 Å². The Morgan fingerprint density at radius 1 is 1.56 bits per heavy atom. The molecule has 0 saturated carbocycles. The van der Waals surface area contributed by atoms with Crippen molar-refractivity contribution in [2.24, 2.45) is 11.7 Å². The second kappa shape index (κ2) is 4.55. The number of aromatic nitrogens is 1. The molecule has 90 valence electrons. The Kier molecular flexibility index (Phi) is 3.30. The van der Waals surface area contributed by atoms with Gasteiger partial charge in [-0.15, -0.1) is 0 Å². The summed E-state index contributed by atoms with van der Waals surface area (Å²) in [6.07, 6.45) is 1.19. The summed E-state index contributed by atoms with van der Waals surface area (Å²) in [5.74, 6) is 2.38. The van der Waals surface area contributed by atoms with Crippen LogP contribution in [0.4, 0.5) is 0 Å². The first-order valence-electron chi connectivity index (χ1n) is 5.97. The lowest BCUT2D eigenvalue weighted by atomic mass is 10.0. The molecule has 0 aliphatic carbocycles. The number of hydrogen-bond donors (Lipinski definition) is 1. The van der Waals surface area contributed by atoms with Gasteiger partial charge in [0.2, 0.25) is 5.89 Å². The monoisotopic (exact) mass is 223 g/mol. The van der Waals surface area contributed by atoms with E-state index in [1.807, 2.05) is 13.8 Å². The summed E-state index contributed by atoms with van der Waals surface area (Å²) in [5, 5.41) is 0. The maximum Gasteiger partial charge on any atom is 0.208 e. The Morgan fingerprint density at radius 2 is 2.31 bits per heavy atom. The van der Waals surface area contributed by atoms with Crippen LogP contribution in [0.15, 0.2) is 4.42 Å². The van der Waals surface area contributed by atoms with E-state index in [0.717, 1.165) is 37.0 Å². The highest BCUT2D eigenvalue weighted by Crippen LogP contribution is 2.21. The largest absolute Gasteiger partial charge is 0.444 e. The summed E-state index contributed by atoms with van der Waals surface area (Å²) in [6.45, 7) is 9.02. The van der Waals surface area contributed by atoms with Gasteiger partial charge in [0.05, 0.1) is 12.2 Å². The summed E-state index contributed by atoms with van der Waals surface area (Å²) in [6, 6.07) is 0.290. The van der Waals surface area contributed by atoms with Gasteiger partial charge in [0, 0.05) is 12.6 Å². The lowest BCUT2D eigenvalue weighted by Crippen LogP contribution is -2.29. The molecule has 0 amide bonds. The molecule has 2 rings (SSSR count). The van der Waals surface area contributed by atoms with E-state index in [0.29, 0.717) is 5.92 Å². The van der Waals surface area contributed by atoms with Crippen LogP contribution < -0.4 is 5.73 Å². The molecule has 4 heteroatoms. The minimum atomic E-state index is 0.290. The van der Waals surface area contributed by atoms with E-state index in [4.69, 9.17) is 10.2 Å². The van der Waals surface area contributed by atoms with Gasteiger partial charge >= 0.3 is 0 Å². The maximum absolute atomic E-state index is 5.92. The fourth-order valence-corrected chi connectivity index (χ4v) is 2.23. The third-order valence-electron chi connectivity index (χ3n) is 3.48. The highest BCUT2D eigenvalue weighted by atomic mass is 16.4. The van der Waals surface area contributed by atoms with Crippen molar-refractivity contribution in [2.75, 3.05) is 13.1 Å². The van der Waals surface area contributed by atoms with Crippen molar-refractivity contribution in [3.63, 3.8) is 0 Å². The van der Waals surface area contributed by atoms with Gasteiger partial charge in [-0.1, -0.05) is 0 Å². The van der Waals surface area contributed by atoms with E-state index in [1.54, 1.807) is 0 Å². The zero-order chi connectivity index (χ0) is 11.7. The van der Waals surface area contributed by atoms with Gasteiger partial charge in [-0.2, -0.15) is 0 Å². The minimum absolute atomic E-state index is 0.290. The summed E-state index contributed by atoms with van der Waals surface area (Å²) in [7, 11) is 0. The highest BCUT2D eigenvalue weighted by molar-refractivity contribution is 5.05. The van der Waals surface area contributed by atoms with Gasteiger partial charge in [0.25, 0.3) is 0 Å². The van der Waals surface area contributed by atoms with Gasteiger partial charge in [0.15, 0.2) is 0 Å². The quantitative estimate of drug-likeness (QED) is 0.843. The summed E-state index contributed by atoms with van der Waals surface area (Å²) in [4.78, 5) is 6.78. The first-order chi connectivity index (χ1) is 7.56. The van der Waals surface area contributed by atoms with Crippen LogP contribution in [0.25, 0.3) is 0 Å². The number of nitrogens with two attached hydrogens (primary N) is 1. The maximum atomic E-state index is 5.92. The first-order valence-corrected chi connectivity index (χ1v) is 5.97. The standard InChI is InChI=1S/C12H21N3O/c1-8(13)11-4-5-15(6-11)7-12-14-9(2)10(3)16-12/h8,11H,4-7,13H2,1-3H3. The van der Waals surface area contributed by atoms with E-state index in [9.17, 15) is 0 Å². The SMILES string of the molecule is Cc1nc(CN2CCC(C(C)N)C2)oc1C. The molecule has 1 aliphatic heterocycles. The third kappa shape index (κ3) is 2.44. The van der Waals surface area contributed by atoms with Crippen LogP contribution in [0, 0.1) is 19.8 Å². The molecule has 0 spiro atoms. The normalized spacial score (nSPS) is 23.9. The topological polar surface area (TPSA) is 55.3 Å². The highest BCUT2D eigenvalue weighted by Gasteiger charge is 2.26. The fraction of sp³-hybridized carbons (Fsp3) is 0.750. The molecule has 0 radical (unpaired) electrons. The fourth-order valence-electron chi connectivity index (χ4n) is 2.23. The van der Waals surface area contributed by atoms with Crippen LogP contribution in [0.3, 0.4) is 0 Å². The van der Waals surface area contributed by atoms with Gasteiger partial charge in [-0.25, -0.2) is 4.98 Å². The van der Waals surface area contributed by atoms with Crippen LogP contribution in [-0.2, 0) is 6.54 Å². The van der Waals surface area contributed by atoms with Gasteiger partial charge in [0.1, 0.15) is 5.76 Å². The molecule has 2 heterocycles. The average molecular weight is 223 g/mol. The lowest BCUT2D eigenvalue weighted by molar-refractivity contribution is 0.273. The smallest absolute Gasteiger partial charge is 0.208 e. The van der Waals surface area contributed by atoms with Crippen molar-refractivity contribution < 1.29 is 4.42 Å². The van der Waals surface area contributed by atoms with Crippen LogP contribution >= 0.6 is 0 Å². The molecule has 4 nitrogen and oxygen atoms in total. The Hall–Kier alpha value is -0.870. The number of likely N-dealkylation sites (tertiary alicyclic amines) is 1. The van der Waals surface area contributed by atoms with Crippen molar-refractivity contribution in [1.82, 2.24) is 9.88 Å². The second-order valence-corrected chi connectivity index (χ2v) is 4.89. The van der Waals surface area contributed by atoms with E-state index in [-0.39, 0.29) is 6.04 Å². The number of aryl methyl sites for hydroxylation is 2. The molecule has 0 bridgehead atoms. The Bertz CT molecular complexity index is 340. The number of oxazole rings is 1. The van der Waals surface area contributed by atoms with Crippen LogP contribution in [0.2, 0.25) is 0 Å². The van der Waals surface area contributed by atoms with Gasteiger partial charge in [-0.05, 0) is 39.7 Å². The van der Waals surface area contributed by atoms with Crippen LogP contribution in [-0.4, -0.2) is 29.0 Å². The van der Waals surface area contributed by atoms with Crippen molar-refractivity contribution in [3.8, 4) is 0 Å². The molecule has 0 aromatic carbocycles. The Labute approximate surface area is 96.8 Å². The molecule has 2 unspecified atom stereocenters. The summed E-state index contributed by atoms with van der Waals surface area (Å²) in [5.41, 5.74) is 6.91. The molecular formula is C12H21N3O. The van der Waals surface area contributed by atoms with Crippen molar-refractivity contribution >= 4 is 0 Å².